The lowest BCUT2D eigenvalue weighted by Gasteiger charge is -2.08. The summed E-state index contributed by atoms with van der Waals surface area (Å²) < 4.78 is 10.5. The highest BCUT2D eigenvalue weighted by molar-refractivity contribution is 5.86. The third-order valence-corrected chi connectivity index (χ3v) is 3.15. The maximum absolute atomic E-state index is 11.4. The van der Waals surface area contributed by atoms with E-state index < -0.39 is 6.29 Å². The largest absolute Gasteiger partial charge is 0.464 e. The van der Waals surface area contributed by atoms with Gasteiger partial charge in [0, 0.05) is 29.0 Å². The van der Waals surface area contributed by atoms with Crippen LogP contribution in [0.4, 0.5) is 0 Å². The fourth-order valence-corrected chi connectivity index (χ4v) is 2.34. The van der Waals surface area contributed by atoms with Gasteiger partial charge in [0.05, 0.1) is 0 Å². The number of hydrogen-bond acceptors (Lipinski definition) is 4. The van der Waals surface area contributed by atoms with Crippen LogP contribution in [-0.2, 0) is 6.42 Å². The van der Waals surface area contributed by atoms with Crippen LogP contribution in [0.25, 0.3) is 11.0 Å². The van der Waals surface area contributed by atoms with E-state index in [1.54, 1.807) is 0 Å². The monoisotopic (exact) mass is 232 g/mol. The molecule has 0 fully saturated rings. The lowest BCUT2D eigenvalue weighted by molar-refractivity contribution is 0.00178. The molecule has 1 aliphatic rings. The second kappa shape index (κ2) is 3.34. The number of benzene rings is 1. The number of aliphatic hydroxyl groups excluding tert-OH is 1. The van der Waals surface area contributed by atoms with Gasteiger partial charge in [0.25, 0.3) is 0 Å². The molecule has 3 rings (SSSR count). The van der Waals surface area contributed by atoms with E-state index in [1.165, 1.54) is 6.07 Å². The Morgan fingerprint density at radius 3 is 2.88 bits per heavy atom. The van der Waals surface area contributed by atoms with Crippen LogP contribution in [-0.4, -0.2) is 11.4 Å². The summed E-state index contributed by atoms with van der Waals surface area (Å²) >= 11 is 0. The average Bonchev–Trinajstić information content (AvgIpc) is 2.62. The third-order valence-electron chi connectivity index (χ3n) is 3.15. The van der Waals surface area contributed by atoms with Gasteiger partial charge in [-0.2, -0.15) is 0 Å². The predicted octanol–water partition coefficient (Wildman–Crippen LogP) is 1.66. The van der Waals surface area contributed by atoms with Crippen molar-refractivity contribution in [2.45, 2.75) is 26.6 Å². The summed E-state index contributed by atoms with van der Waals surface area (Å²) in [4.78, 5) is 11.4. The van der Waals surface area contributed by atoms with E-state index in [0.717, 1.165) is 22.1 Å². The zero-order chi connectivity index (χ0) is 12.2. The van der Waals surface area contributed by atoms with Gasteiger partial charge in [-0.25, -0.2) is 4.79 Å². The second-order valence-electron chi connectivity index (χ2n) is 4.39. The van der Waals surface area contributed by atoms with E-state index in [9.17, 15) is 9.90 Å². The van der Waals surface area contributed by atoms with Gasteiger partial charge < -0.3 is 14.3 Å². The number of aryl methyl sites for hydroxylation is 2. The molecule has 0 amide bonds. The molecule has 1 aliphatic heterocycles. The first-order chi connectivity index (χ1) is 8.06. The van der Waals surface area contributed by atoms with Crippen LogP contribution in [0.3, 0.4) is 0 Å². The van der Waals surface area contributed by atoms with Gasteiger partial charge in [-0.1, -0.05) is 0 Å². The van der Waals surface area contributed by atoms with Gasteiger partial charge >= 0.3 is 5.63 Å². The zero-order valence-corrected chi connectivity index (χ0v) is 9.61. The molecule has 1 aromatic heterocycles. The molecule has 2 heterocycles. The highest BCUT2D eigenvalue weighted by atomic mass is 16.6. The number of fused-ring (bicyclic) bond motifs is 2. The Hall–Kier alpha value is -1.81. The van der Waals surface area contributed by atoms with Crippen molar-refractivity contribution in [2.24, 2.45) is 0 Å². The van der Waals surface area contributed by atoms with Gasteiger partial charge in [0.1, 0.15) is 11.3 Å². The Balaban J connectivity index is 2.43. The highest BCUT2D eigenvalue weighted by Crippen LogP contribution is 2.37. The number of rotatable bonds is 0. The summed E-state index contributed by atoms with van der Waals surface area (Å²) in [5.41, 5.74) is 2.79. The molecule has 88 valence electrons. The second-order valence-corrected chi connectivity index (χ2v) is 4.39. The SMILES string of the molecule is Cc1cc(=O)oc2c(C)c3c(cc12)CC(O)O3. The van der Waals surface area contributed by atoms with Crippen molar-refractivity contribution in [3.63, 3.8) is 0 Å². The van der Waals surface area contributed by atoms with Crippen LogP contribution in [0.1, 0.15) is 16.7 Å². The van der Waals surface area contributed by atoms with E-state index >= 15 is 0 Å². The molecule has 1 atom stereocenters. The lowest BCUT2D eigenvalue weighted by atomic mass is 10.0. The molecule has 0 bridgehead atoms. The van der Waals surface area contributed by atoms with Crippen LogP contribution in [0, 0.1) is 13.8 Å². The minimum Gasteiger partial charge on any atom is -0.464 e. The van der Waals surface area contributed by atoms with Crippen molar-refractivity contribution in [1.29, 1.82) is 0 Å². The first kappa shape index (κ1) is 10.4. The smallest absolute Gasteiger partial charge is 0.336 e. The van der Waals surface area contributed by atoms with Crippen molar-refractivity contribution >= 4 is 11.0 Å². The summed E-state index contributed by atoms with van der Waals surface area (Å²) in [6, 6.07) is 3.40. The normalized spacial score (nSPS) is 18.2. The molecule has 0 radical (unpaired) electrons. The number of hydrogen-bond donors (Lipinski definition) is 1. The standard InChI is InChI=1S/C13H12O4/c1-6-3-10(14)17-13-7(2)12-8(4-9(6)13)5-11(15)16-12/h3-4,11,15H,5H2,1-2H3. The Morgan fingerprint density at radius 1 is 1.35 bits per heavy atom. The summed E-state index contributed by atoms with van der Waals surface area (Å²) in [6.07, 6.45) is -0.322. The van der Waals surface area contributed by atoms with Gasteiger partial charge in [-0.05, 0) is 25.5 Å². The molecule has 0 saturated carbocycles. The van der Waals surface area contributed by atoms with Gasteiger partial charge in [0.2, 0.25) is 6.29 Å². The summed E-state index contributed by atoms with van der Waals surface area (Å²) in [5, 5.41) is 10.4. The molecule has 0 spiro atoms. The first-order valence-electron chi connectivity index (χ1n) is 5.48. The average molecular weight is 232 g/mol. The molecular formula is C13H12O4. The van der Waals surface area contributed by atoms with Crippen molar-refractivity contribution in [2.75, 3.05) is 0 Å². The van der Waals surface area contributed by atoms with Crippen LogP contribution in [0.2, 0.25) is 0 Å². The summed E-state index contributed by atoms with van der Waals surface area (Å²) in [6.45, 7) is 3.71. The molecule has 0 saturated heterocycles. The quantitative estimate of drug-likeness (QED) is 0.702. The predicted molar refractivity (Wildman–Crippen MR) is 62.3 cm³/mol. The maximum Gasteiger partial charge on any atom is 0.336 e. The van der Waals surface area contributed by atoms with Crippen molar-refractivity contribution in [3.8, 4) is 5.75 Å². The Labute approximate surface area is 97.4 Å². The van der Waals surface area contributed by atoms with Crippen LogP contribution < -0.4 is 10.4 Å². The van der Waals surface area contributed by atoms with Gasteiger partial charge in [-0.15, -0.1) is 0 Å². The summed E-state index contributed by atoms with van der Waals surface area (Å²) in [7, 11) is 0. The van der Waals surface area contributed by atoms with Crippen molar-refractivity contribution in [3.05, 3.63) is 39.2 Å². The Morgan fingerprint density at radius 2 is 2.12 bits per heavy atom. The number of ether oxygens (including phenoxy) is 1. The molecule has 4 heteroatoms. The van der Waals surface area contributed by atoms with E-state index in [-0.39, 0.29) is 5.63 Å². The Kier molecular flexibility index (Phi) is 2.03. The minimum absolute atomic E-state index is 0.364. The van der Waals surface area contributed by atoms with Gasteiger partial charge in [-0.3, -0.25) is 0 Å². The van der Waals surface area contributed by atoms with E-state index in [2.05, 4.69) is 0 Å². The topological polar surface area (TPSA) is 59.7 Å². The van der Waals surface area contributed by atoms with Crippen LogP contribution >= 0.6 is 0 Å². The molecule has 2 aromatic rings. The highest BCUT2D eigenvalue weighted by Gasteiger charge is 2.25. The van der Waals surface area contributed by atoms with E-state index in [0.29, 0.717) is 17.8 Å². The van der Waals surface area contributed by atoms with Crippen molar-refractivity contribution in [1.82, 2.24) is 0 Å². The number of aliphatic hydroxyl groups is 1. The third kappa shape index (κ3) is 1.45. The molecule has 1 aromatic carbocycles. The zero-order valence-electron chi connectivity index (χ0n) is 9.61. The fourth-order valence-electron chi connectivity index (χ4n) is 2.34. The van der Waals surface area contributed by atoms with Gasteiger partial charge in [0.15, 0.2) is 0 Å². The van der Waals surface area contributed by atoms with Crippen molar-refractivity contribution < 1.29 is 14.3 Å². The first-order valence-corrected chi connectivity index (χ1v) is 5.48. The fraction of sp³-hybridized carbons (Fsp3) is 0.308. The molecule has 1 unspecified atom stereocenters. The lowest BCUT2D eigenvalue weighted by Crippen LogP contribution is -2.10. The maximum atomic E-state index is 11.4. The molecule has 0 aliphatic carbocycles. The molecule has 1 N–H and O–H groups in total. The van der Waals surface area contributed by atoms with E-state index in [1.807, 2.05) is 19.9 Å². The molecular weight excluding hydrogens is 220 g/mol. The summed E-state index contributed by atoms with van der Waals surface area (Å²) in [5.74, 6) is 0.638. The molecule has 17 heavy (non-hydrogen) atoms. The minimum atomic E-state index is -0.799. The van der Waals surface area contributed by atoms with Crippen LogP contribution in [0.5, 0.6) is 5.75 Å². The van der Waals surface area contributed by atoms with Crippen LogP contribution in [0.15, 0.2) is 21.3 Å². The molecule has 4 nitrogen and oxygen atoms in total. The Bertz CT molecular complexity index is 669. The van der Waals surface area contributed by atoms with E-state index in [4.69, 9.17) is 9.15 Å².